The maximum Gasteiger partial charge on any atom is 0.257 e. The first-order valence-electron chi connectivity index (χ1n) is 10.0. The fourth-order valence-corrected chi connectivity index (χ4v) is 4.99. The molecule has 2 heterocycles. The van der Waals surface area contributed by atoms with Gasteiger partial charge in [0.25, 0.3) is 5.91 Å². The molecule has 5 nitrogen and oxygen atoms in total. The summed E-state index contributed by atoms with van der Waals surface area (Å²) in [5.41, 5.74) is 3.45. The number of hydrogen-bond donors (Lipinski definition) is 0. The van der Waals surface area contributed by atoms with Crippen molar-refractivity contribution in [2.75, 3.05) is 27.2 Å². The molecule has 2 aromatic rings. The summed E-state index contributed by atoms with van der Waals surface area (Å²) >= 11 is 0. The number of furan rings is 1. The molecular weight excluding hydrogens is 352 g/mol. The van der Waals surface area contributed by atoms with E-state index in [4.69, 9.17) is 4.42 Å². The van der Waals surface area contributed by atoms with E-state index in [9.17, 15) is 9.59 Å². The van der Waals surface area contributed by atoms with Crippen LogP contribution < -0.4 is 0 Å². The van der Waals surface area contributed by atoms with Crippen LogP contribution in [0.2, 0.25) is 0 Å². The van der Waals surface area contributed by atoms with Gasteiger partial charge < -0.3 is 14.2 Å². The number of fused-ring (bicyclic) bond motifs is 2. The lowest BCUT2D eigenvalue weighted by Gasteiger charge is -2.40. The van der Waals surface area contributed by atoms with Crippen LogP contribution in [-0.4, -0.2) is 48.8 Å². The number of carbonyl (C=O) groups is 2. The monoisotopic (exact) mass is 380 g/mol. The average Bonchev–Trinajstić information content (AvgIpc) is 3.24. The minimum atomic E-state index is 0.0618. The Hall–Kier alpha value is -2.56. The van der Waals surface area contributed by atoms with Gasteiger partial charge >= 0.3 is 0 Å². The van der Waals surface area contributed by atoms with Crippen LogP contribution in [0.15, 0.2) is 41.0 Å². The van der Waals surface area contributed by atoms with E-state index >= 15 is 0 Å². The molecule has 1 spiro atoms. The van der Waals surface area contributed by atoms with E-state index in [1.165, 1.54) is 11.1 Å². The molecule has 1 saturated heterocycles. The summed E-state index contributed by atoms with van der Waals surface area (Å²) in [5.74, 6) is 1.19. The van der Waals surface area contributed by atoms with Gasteiger partial charge in [-0.2, -0.15) is 0 Å². The third-order valence-electron chi connectivity index (χ3n) is 6.63. The Kier molecular flexibility index (Phi) is 4.77. The van der Waals surface area contributed by atoms with Crippen molar-refractivity contribution in [1.29, 1.82) is 0 Å². The van der Waals surface area contributed by atoms with Crippen molar-refractivity contribution in [3.8, 4) is 0 Å². The topological polar surface area (TPSA) is 53.8 Å². The number of benzene rings is 1. The van der Waals surface area contributed by atoms with Gasteiger partial charge in [-0.15, -0.1) is 0 Å². The SMILES string of the molecule is Cc1occc1C(=O)N1CCC2(CC1)CC(CC(=O)N(C)C)c1ccccc12. The molecule has 0 N–H and O–H groups in total. The van der Waals surface area contributed by atoms with Crippen molar-refractivity contribution in [3.63, 3.8) is 0 Å². The highest BCUT2D eigenvalue weighted by Crippen LogP contribution is 2.52. The standard InChI is InChI=1S/C23H28N2O3/c1-16-18(8-13-28-16)22(27)25-11-9-23(10-12-25)15-17(14-21(26)24(2)3)19-6-4-5-7-20(19)23/h4-8,13,17H,9-12,14-15H2,1-3H3. The van der Waals surface area contributed by atoms with Crippen LogP contribution in [0.1, 0.15) is 58.8 Å². The van der Waals surface area contributed by atoms with E-state index < -0.39 is 0 Å². The average molecular weight is 380 g/mol. The van der Waals surface area contributed by atoms with Crippen molar-refractivity contribution in [3.05, 3.63) is 59.0 Å². The van der Waals surface area contributed by atoms with Crippen LogP contribution in [0.4, 0.5) is 0 Å². The Morgan fingerprint density at radius 3 is 2.54 bits per heavy atom. The van der Waals surface area contributed by atoms with Crippen LogP contribution in [-0.2, 0) is 10.2 Å². The molecule has 2 amide bonds. The van der Waals surface area contributed by atoms with Gasteiger partial charge in [0.05, 0.1) is 11.8 Å². The third kappa shape index (κ3) is 3.13. The lowest BCUT2D eigenvalue weighted by molar-refractivity contribution is -0.129. The second kappa shape index (κ2) is 7.12. The second-order valence-corrected chi connectivity index (χ2v) is 8.44. The molecular formula is C23H28N2O3. The van der Waals surface area contributed by atoms with E-state index in [1.54, 1.807) is 17.2 Å². The Labute approximate surface area is 166 Å². The molecule has 1 atom stereocenters. The molecule has 148 valence electrons. The molecule has 1 aromatic heterocycles. The van der Waals surface area contributed by atoms with E-state index in [2.05, 4.69) is 24.3 Å². The molecule has 1 aliphatic heterocycles. The van der Waals surface area contributed by atoms with Gasteiger partial charge in [0.1, 0.15) is 5.76 Å². The van der Waals surface area contributed by atoms with E-state index in [-0.39, 0.29) is 23.1 Å². The molecule has 1 unspecified atom stereocenters. The molecule has 1 aliphatic carbocycles. The fraction of sp³-hybridized carbons (Fsp3) is 0.478. The predicted molar refractivity (Wildman–Crippen MR) is 107 cm³/mol. The Morgan fingerprint density at radius 2 is 1.89 bits per heavy atom. The summed E-state index contributed by atoms with van der Waals surface area (Å²) in [5, 5.41) is 0. The zero-order chi connectivity index (χ0) is 19.9. The molecule has 5 heteroatoms. The van der Waals surface area contributed by atoms with Gasteiger partial charge in [-0.3, -0.25) is 9.59 Å². The molecule has 4 rings (SSSR count). The predicted octanol–water partition coefficient (Wildman–Crippen LogP) is 3.73. The van der Waals surface area contributed by atoms with Crippen molar-refractivity contribution < 1.29 is 14.0 Å². The van der Waals surface area contributed by atoms with Crippen molar-refractivity contribution in [2.45, 2.75) is 43.9 Å². The highest BCUT2D eigenvalue weighted by molar-refractivity contribution is 5.95. The smallest absolute Gasteiger partial charge is 0.257 e. The number of likely N-dealkylation sites (tertiary alicyclic amines) is 1. The van der Waals surface area contributed by atoms with E-state index in [0.29, 0.717) is 17.7 Å². The lowest BCUT2D eigenvalue weighted by Crippen LogP contribution is -2.44. The number of rotatable bonds is 3. The summed E-state index contributed by atoms with van der Waals surface area (Å²) in [6, 6.07) is 10.3. The van der Waals surface area contributed by atoms with Crippen LogP contribution >= 0.6 is 0 Å². The number of piperidine rings is 1. The maximum atomic E-state index is 12.8. The van der Waals surface area contributed by atoms with Gasteiger partial charge in [0, 0.05) is 33.6 Å². The van der Waals surface area contributed by atoms with Crippen LogP contribution in [0, 0.1) is 6.92 Å². The Balaban J connectivity index is 1.53. The minimum absolute atomic E-state index is 0.0618. The number of carbonyl (C=O) groups excluding carboxylic acids is 2. The summed E-state index contributed by atoms with van der Waals surface area (Å²) in [4.78, 5) is 28.8. The van der Waals surface area contributed by atoms with E-state index in [0.717, 1.165) is 32.4 Å². The van der Waals surface area contributed by atoms with Crippen LogP contribution in [0.25, 0.3) is 0 Å². The third-order valence-corrected chi connectivity index (χ3v) is 6.63. The largest absolute Gasteiger partial charge is 0.469 e. The van der Waals surface area contributed by atoms with Crippen molar-refractivity contribution in [1.82, 2.24) is 9.80 Å². The fourth-order valence-electron chi connectivity index (χ4n) is 4.99. The second-order valence-electron chi connectivity index (χ2n) is 8.44. The van der Waals surface area contributed by atoms with Gasteiger partial charge in [-0.25, -0.2) is 0 Å². The zero-order valence-corrected chi connectivity index (χ0v) is 16.9. The first-order valence-corrected chi connectivity index (χ1v) is 10.0. The number of hydrogen-bond acceptors (Lipinski definition) is 3. The number of nitrogens with zero attached hydrogens (tertiary/aromatic N) is 2. The number of aryl methyl sites for hydroxylation is 1. The van der Waals surface area contributed by atoms with E-state index in [1.807, 2.05) is 25.9 Å². The first-order chi connectivity index (χ1) is 13.4. The summed E-state index contributed by atoms with van der Waals surface area (Å²) < 4.78 is 5.30. The van der Waals surface area contributed by atoms with Crippen molar-refractivity contribution >= 4 is 11.8 Å². The molecule has 0 radical (unpaired) electrons. The number of amides is 2. The summed E-state index contributed by atoms with van der Waals surface area (Å²) in [6.45, 7) is 3.32. The van der Waals surface area contributed by atoms with Gasteiger partial charge in [-0.1, -0.05) is 24.3 Å². The maximum absolute atomic E-state index is 12.8. The van der Waals surface area contributed by atoms with Gasteiger partial charge in [-0.05, 0) is 54.7 Å². The zero-order valence-electron chi connectivity index (χ0n) is 16.9. The minimum Gasteiger partial charge on any atom is -0.469 e. The van der Waals surface area contributed by atoms with Crippen LogP contribution in [0.5, 0.6) is 0 Å². The summed E-state index contributed by atoms with van der Waals surface area (Å²) in [7, 11) is 3.64. The molecule has 1 aromatic carbocycles. The highest BCUT2D eigenvalue weighted by atomic mass is 16.3. The molecule has 0 bridgehead atoms. The molecule has 28 heavy (non-hydrogen) atoms. The molecule has 0 saturated carbocycles. The van der Waals surface area contributed by atoms with Crippen LogP contribution in [0.3, 0.4) is 0 Å². The molecule has 1 fully saturated rings. The van der Waals surface area contributed by atoms with Crippen molar-refractivity contribution in [2.24, 2.45) is 0 Å². The normalized spacial score (nSPS) is 20.2. The van der Waals surface area contributed by atoms with Gasteiger partial charge in [0.15, 0.2) is 0 Å². The first kappa shape index (κ1) is 18.8. The quantitative estimate of drug-likeness (QED) is 0.815. The van der Waals surface area contributed by atoms with Gasteiger partial charge in [0.2, 0.25) is 5.91 Å². The summed E-state index contributed by atoms with van der Waals surface area (Å²) in [6.07, 6.45) is 5.02. The highest BCUT2D eigenvalue weighted by Gasteiger charge is 2.46. The molecule has 2 aliphatic rings. The lowest BCUT2D eigenvalue weighted by atomic mass is 9.73. The Bertz CT molecular complexity index is 891. The Morgan fingerprint density at radius 1 is 1.18 bits per heavy atom.